The molecule has 13 heavy (non-hydrogen) atoms. The van der Waals surface area contributed by atoms with Crippen LogP contribution in [0.3, 0.4) is 0 Å². The van der Waals surface area contributed by atoms with E-state index in [1.807, 2.05) is 35.7 Å². The van der Waals surface area contributed by atoms with E-state index in [4.69, 9.17) is 5.73 Å². The number of nitrogens with two attached hydrogens (primary N) is 1. The van der Waals surface area contributed by atoms with Crippen molar-refractivity contribution in [3.05, 3.63) is 58.3 Å². The van der Waals surface area contributed by atoms with Gasteiger partial charge in [0.25, 0.3) is 0 Å². The van der Waals surface area contributed by atoms with Crippen LogP contribution in [0.5, 0.6) is 0 Å². The van der Waals surface area contributed by atoms with Gasteiger partial charge in [0.05, 0.1) is 6.04 Å². The lowest BCUT2D eigenvalue weighted by Gasteiger charge is -2.08. The first kappa shape index (κ1) is 8.48. The lowest BCUT2D eigenvalue weighted by atomic mass is 10.1. The molecular formula is C11H10NS. The third-order valence-corrected chi connectivity index (χ3v) is 2.91. The van der Waals surface area contributed by atoms with Crippen LogP contribution >= 0.6 is 11.3 Å². The van der Waals surface area contributed by atoms with Crippen molar-refractivity contribution >= 4 is 11.3 Å². The van der Waals surface area contributed by atoms with Crippen LogP contribution in [0.15, 0.2) is 41.8 Å². The average Bonchev–Trinajstić information content (AvgIpc) is 2.71. The maximum Gasteiger partial charge on any atom is 0.0645 e. The molecule has 0 fully saturated rings. The van der Waals surface area contributed by atoms with Crippen LogP contribution in [0.4, 0.5) is 0 Å². The summed E-state index contributed by atoms with van der Waals surface area (Å²) in [5.74, 6) is 0. The molecule has 0 saturated carbocycles. The third-order valence-electron chi connectivity index (χ3n) is 1.95. The molecule has 0 aliphatic rings. The summed E-state index contributed by atoms with van der Waals surface area (Å²) >= 11 is 1.69. The summed E-state index contributed by atoms with van der Waals surface area (Å²) in [5, 5.41) is 2.05. The molecular weight excluding hydrogens is 178 g/mol. The van der Waals surface area contributed by atoms with Crippen LogP contribution in [0.1, 0.15) is 16.5 Å². The van der Waals surface area contributed by atoms with Gasteiger partial charge >= 0.3 is 0 Å². The Morgan fingerprint density at radius 1 is 1.23 bits per heavy atom. The van der Waals surface area contributed by atoms with Crippen LogP contribution in [0.25, 0.3) is 0 Å². The molecule has 0 aliphatic heterocycles. The monoisotopic (exact) mass is 188 g/mol. The Balaban J connectivity index is 2.29. The highest BCUT2D eigenvalue weighted by molar-refractivity contribution is 7.10. The fourth-order valence-corrected chi connectivity index (χ4v) is 1.99. The maximum absolute atomic E-state index is 6.06. The van der Waals surface area contributed by atoms with Crippen molar-refractivity contribution in [1.29, 1.82) is 0 Å². The second-order valence-corrected chi connectivity index (χ2v) is 3.81. The Kier molecular flexibility index (Phi) is 2.43. The van der Waals surface area contributed by atoms with Gasteiger partial charge in [-0.25, -0.2) is 0 Å². The Labute approximate surface area is 81.8 Å². The van der Waals surface area contributed by atoms with Crippen molar-refractivity contribution < 1.29 is 0 Å². The minimum atomic E-state index is 0.00889. The summed E-state index contributed by atoms with van der Waals surface area (Å²) in [4.78, 5) is 1.20. The first-order chi connectivity index (χ1) is 6.38. The SMILES string of the molecule is NC(c1cc[c]cc1)c1cccs1. The van der Waals surface area contributed by atoms with E-state index in [0.29, 0.717) is 0 Å². The van der Waals surface area contributed by atoms with Gasteiger partial charge in [-0.05, 0) is 23.1 Å². The maximum atomic E-state index is 6.06. The van der Waals surface area contributed by atoms with E-state index in [1.54, 1.807) is 11.3 Å². The van der Waals surface area contributed by atoms with Gasteiger partial charge in [0, 0.05) is 4.88 Å². The molecule has 1 atom stereocenters. The van der Waals surface area contributed by atoms with Crippen molar-refractivity contribution in [2.75, 3.05) is 0 Å². The predicted octanol–water partition coefficient (Wildman–Crippen LogP) is 2.60. The van der Waals surface area contributed by atoms with Gasteiger partial charge in [0.2, 0.25) is 0 Å². The Morgan fingerprint density at radius 2 is 2.00 bits per heavy atom. The number of rotatable bonds is 2. The molecule has 0 bridgehead atoms. The van der Waals surface area contributed by atoms with Gasteiger partial charge in [-0.3, -0.25) is 0 Å². The second kappa shape index (κ2) is 3.73. The summed E-state index contributed by atoms with van der Waals surface area (Å²) in [5.41, 5.74) is 7.20. The molecule has 1 aromatic carbocycles. The highest BCUT2D eigenvalue weighted by Crippen LogP contribution is 2.22. The first-order valence-electron chi connectivity index (χ1n) is 4.13. The molecule has 0 amide bonds. The second-order valence-electron chi connectivity index (χ2n) is 2.83. The summed E-state index contributed by atoms with van der Waals surface area (Å²) in [6.45, 7) is 0. The van der Waals surface area contributed by atoms with E-state index in [2.05, 4.69) is 12.1 Å². The third kappa shape index (κ3) is 1.79. The highest BCUT2D eigenvalue weighted by Gasteiger charge is 2.07. The first-order valence-corrected chi connectivity index (χ1v) is 5.01. The summed E-state index contributed by atoms with van der Waals surface area (Å²) in [6, 6.07) is 14.9. The van der Waals surface area contributed by atoms with Gasteiger partial charge in [0.15, 0.2) is 0 Å². The van der Waals surface area contributed by atoms with E-state index in [0.717, 1.165) is 5.56 Å². The minimum Gasteiger partial charge on any atom is -0.320 e. The van der Waals surface area contributed by atoms with E-state index in [9.17, 15) is 0 Å². The average molecular weight is 188 g/mol. The fourth-order valence-electron chi connectivity index (χ4n) is 1.24. The topological polar surface area (TPSA) is 26.0 Å². The zero-order valence-corrected chi connectivity index (χ0v) is 7.92. The molecule has 2 N–H and O–H groups in total. The number of hydrogen-bond acceptors (Lipinski definition) is 2. The molecule has 2 heteroatoms. The van der Waals surface area contributed by atoms with Gasteiger partial charge in [-0.15, -0.1) is 11.3 Å². The van der Waals surface area contributed by atoms with Crippen molar-refractivity contribution in [3.63, 3.8) is 0 Å². The molecule has 1 nitrogen and oxygen atoms in total. The zero-order chi connectivity index (χ0) is 9.10. The van der Waals surface area contributed by atoms with E-state index >= 15 is 0 Å². The molecule has 2 aromatic rings. The van der Waals surface area contributed by atoms with Crippen LogP contribution in [0.2, 0.25) is 0 Å². The van der Waals surface area contributed by atoms with Crippen molar-refractivity contribution in [1.82, 2.24) is 0 Å². The number of thiophene rings is 1. The Hall–Kier alpha value is -1.12. The van der Waals surface area contributed by atoms with Gasteiger partial charge in [-0.1, -0.05) is 30.3 Å². The summed E-state index contributed by atoms with van der Waals surface area (Å²) in [7, 11) is 0. The lowest BCUT2D eigenvalue weighted by molar-refractivity contribution is 0.893. The highest BCUT2D eigenvalue weighted by atomic mass is 32.1. The molecule has 1 unspecified atom stereocenters. The van der Waals surface area contributed by atoms with Gasteiger partial charge in [-0.2, -0.15) is 0 Å². The molecule has 0 aliphatic carbocycles. The predicted molar refractivity (Wildman–Crippen MR) is 55.6 cm³/mol. The van der Waals surface area contributed by atoms with Crippen molar-refractivity contribution in [2.24, 2.45) is 5.73 Å². The standard InChI is InChI=1S/C11H10NS/c12-11(10-7-4-8-13-10)9-5-2-1-3-6-9/h2-8,11H,12H2. The van der Waals surface area contributed by atoms with Crippen LogP contribution in [-0.4, -0.2) is 0 Å². The van der Waals surface area contributed by atoms with Crippen molar-refractivity contribution in [3.8, 4) is 0 Å². The molecule has 1 heterocycles. The molecule has 0 spiro atoms. The summed E-state index contributed by atoms with van der Waals surface area (Å²) < 4.78 is 0. The van der Waals surface area contributed by atoms with E-state index in [-0.39, 0.29) is 6.04 Å². The van der Waals surface area contributed by atoms with E-state index < -0.39 is 0 Å². The normalized spacial score (nSPS) is 12.7. The Bertz CT molecular complexity index is 353. The smallest absolute Gasteiger partial charge is 0.0645 e. The quantitative estimate of drug-likeness (QED) is 0.770. The lowest BCUT2D eigenvalue weighted by Crippen LogP contribution is -2.09. The van der Waals surface area contributed by atoms with Gasteiger partial charge < -0.3 is 5.73 Å². The fraction of sp³-hybridized carbons (Fsp3) is 0.0909. The van der Waals surface area contributed by atoms with Crippen LogP contribution in [-0.2, 0) is 0 Å². The minimum absolute atomic E-state index is 0.00889. The molecule has 65 valence electrons. The number of benzene rings is 1. The molecule has 2 rings (SSSR count). The van der Waals surface area contributed by atoms with Crippen LogP contribution < -0.4 is 5.73 Å². The molecule has 1 aromatic heterocycles. The zero-order valence-electron chi connectivity index (χ0n) is 7.10. The largest absolute Gasteiger partial charge is 0.320 e. The van der Waals surface area contributed by atoms with Crippen LogP contribution in [0, 0.1) is 6.07 Å². The molecule has 1 radical (unpaired) electrons. The number of hydrogen-bond donors (Lipinski definition) is 1. The Morgan fingerprint density at radius 3 is 2.62 bits per heavy atom. The van der Waals surface area contributed by atoms with Crippen molar-refractivity contribution in [2.45, 2.75) is 6.04 Å². The van der Waals surface area contributed by atoms with Gasteiger partial charge in [0.1, 0.15) is 0 Å². The molecule has 0 saturated heterocycles. The summed E-state index contributed by atoms with van der Waals surface area (Å²) in [6.07, 6.45) is 0. The van der Waals surface area contributed by atoms with E-state index in [1.165, 1.54) is 4.88 Å².